The zero-order chi connectivity index (χ0) is 10.6. The van der Waals surface area contributed by atoms with Crippen LogP contribution in [0.5, 0.6) is 0 Å². The van der Waals surface area contributed by atoms with E-state index in [0.29, 0.717) is 5.92 Å². The van der Waals surface area contributed by atoms with E-state index < -0.39 is 6.16 Å². The van der Waals surface area contributed by atoms with Gasteiger partial charge in [-0.2, -0.15) is 0 Å². The van der Waals surface area contributed by atoms with E-state index >= 15 is 0 Å². The van der Waals surface area contributed by atoms with E-state index in [2.05, 4.69) is 18.6 Å². The van der Waals surface area contributed by atoms with Gasteiger partial charge in [0.15, 0.2) is 0 Å². The minimum Gasteiger partial charge on any atom is -0.427 e. The molecule has 0 aromatic carbocycles. The first-order valence-corrected chi connectivity index (χ1v) is 5.16. The molecule has 0 unspecified atom stereocenters. The van der Waals surface area contributed by atoms with E-state index in [1.165, 1.54) is 0 Å². The van der Waals surface area contributed by atoms with Crippen molar-refractivity contribution in [1.29, 1.82) is 0 Å². The number of carbonyl (C=O) groups excluding carboxylic acids is 1. The third kappa shape index (κ3) is 2.38. The zero-order valence-corrected chi connectivity index (χ0v) is 8.91. The molecule has 2 N–H and O–H groups in total. The minimum atomic E-state index is -0.636. The molecule has 4 heteroatoms. The van der Waals surface area contributed by atoms with Gasteiger partial charge in [-0.25, -0.2) is 4.79 Å². The second-order valence-corrected chi connectivity index (χ2v) is 4.09. The van der Waals surface area contributed by atoms with Crippen molar-refractivity contribution in [1.82, 2.24) is 0 Å². The predicted octanol–water partition coefficient (Wildman–Crippen LogP) is 2.02. The molecule has 4 nitrogen and oxygen atoms in total. The highest BCUT2D eigenvalue weighted by Crippen LogP contribution is 2.39. The smallest absolute Gasteiger partial charge is 0.427 e. The maximum absolute atomic E-state index is 11.2. The number of ether oxygens (including phenoxy) is 2. The molecule has 14 heavy (non-hydrogen) atoms. The molecule has 0 heterocycles. The molecule has 1 aliphatic carbocycles. The van der Waals surface area contributed by atoms with Gasteiger partial charge in [0.05, 0.1) is 0 Å². The van der Waals surface area contributed by atoms with Gasteiger partial charge in [-0.15, -0.1) is 0 Å². The number of rotatable bonds is 3. The fraction of sp³-hybridized carbons (Fsp3) is 0.900. The van der Waals surface area contributed by atoms with Crippen molar-refractivity contribution in [2.24, 2.45) is 11.7 Å². The number of carbonyl (C=O) groups is 1. The van der Waals surface area contributed by atoms with Crippen molar-refractivity contribution < 1.29 is 14.3 Å². The summed E-state index contributed by atoms with van der Waals surface area (Å²) in [5.74, 6) is 0.329. The van der Waals surface area contributed by atoms with Crippen LogP contribution in [-0.4, -0.2) is 18.5 Å². The van der Waals surface area contributed by atoms with Crippen LogP contribution in [0.1, 0.15) is 39.5 Å². The summed E-state index contributed by atoms with van der Waals surface area (Å²) in [6.45, 7) is 4.02. The third-order valence-corrected chi connectivity index (χ3v) is 2.99. The molecule has 0 atom stereocenters. The van der Waals surface area contributed by atoms with Gasteiger partial charge in [0.1, 0.15) is 12.3 Å². The van der Waals surface area contributed by atoms with E-state index in [1.54, 1.807) is 0 Å². The van der Waals surface area contributed by atoms with Crippen molar-refractivity contribution in [3.8, 4) is 0 Å². The summed E-state index contributed by atoms with van der Waals surface area (Å²) < 4.78 is 9.96. The van der Waals surface area contributed by atoms with Gasteiger partial charge >= 0.3 is 6.16 Å². The van der Waals surface area contributed by atoms with Crippen LogP contribution >= 0.6 is 0 Å². The highest BCUT2D eigenvalue weighted by molar-refractivity contribution is 5.60. The molecule has 0 aromatic rings. The normalized spacial score (nSPS) is 19.7. The second-order valence-electron chi connectivity index (χ2n) is 4.09. The van der Waals surface area contributed by atoms with Crippen LogP contribution in [0.15, 0.2) is 0 Å². The van der Waals surface area contributed by atoms with Crippen molar-refractivity contribution in [3.63, 3.8) is 0 Å². The highest BCUT2D eigenvalue weighted by Gasteiger charge is 2.41. The Hall–Kier alpha value is -0.770. The molecule has 0 aromatic heterocycles. The predicted molar refractivity (Wildman–Crippen MR) is 52.7 cm³/mol. The molecule has 82 valence electrons. The highest BCUT2D eigenvalue weighted by atomic mass is 16.7. The van der Waals surface area contributed by atoms with E-state index in [4.69, 9.17) is 10.5 Å². The Balaban J connectivity index is 2.56. The lowest BCUT2D eigenvalue weighted by molar-refractivity contribution is -0.0566. The molecular weight excluding hydrogens is 182 g/mol. The molecular formula is C10H19NO3. The molecule has 1 rings (SSSR count). The summed E-state index contributed by atoms with van der Waals surface area (Å²) in [5.41, 5.74) is 4.79. The third-order valence-electron chi connectivity index (χ3n) is 2.99. The topological polar surface area (TPSA) is 61.5 Å². The lowest BCUT2D eigenvalue weighted by Gasteiger charge is -2.32. The Morgan fingerprint density at radius 2 is 2.00 bits per heavy atom. The SMILES string of the molecule is CC(C)C1(OC(=O)OCN)CCCC1. The molecule has 0 saturated heterocycles. The quantitative estimate of drug-likeness (QED) is 0.560. The number of nitrogens with two attached hydrogens (primary N) is 1. The Morgan fingerprint density at radius 1 is 1.43 bits per heavy atom. The number of hydrogen-bond acceptors (Lipinski definition) is 4. The monoisotopic (exact) mass is 201 g/mol. The summed E-state index contributed by atoms with van der Waals surface area (Å²) >= 11 is 0. The fourth-order valence-electron chi connectivity index (χ4n) is 2.03. The van der Waals surface area contributed by atoms with Gasteiger partial charge in [-0.05, 0) is 31.6 Å². The first-order chi connectivity index (χ1) is 6.60. The van der Waals surface area contributed by atoms with Crippen LogP contribution in [0.4, 0.5) is 4.79 Å². The molecule has 0 radical (unpaired) electrons. The maximum atomic E-state index is 11.2. The van der Waals surface area contributed by atoms with Crippen LogP contribution in [0.3, 0.4) is 0 Å². The second kappa shape index (κ2) is 4.64. The summed E-state index contributed by atoms with van der Waals surface area (Å²) in [6, 6.07) is 0. The van der Waals surface area contributed by atoms with Gasteiger partial charge in [0.2, 0.25) is 0 Å². The molecule has 0 amide bonds. The van der Waals surface area contributed by atoms with Gasteiger partial charge in [-0.1, -0.05) is 13.8 Å². The lowest BCUT2D eigenvalue weighted by Crippen LogP contribution is -2.38. The van der Waals surface area contributed by atoms with Crippen LogP contribution in [-0.2, 0) is 9.47 Å². The first kappa shape index (κ1) is 11.3. The van der Waals surface area contributed by atoms with Gasteiger partial charge in [0, 0.05) is 0 Å². The van der Waals surface area contributed by atoms with Crippen LogP contribution in [0, 0.1) is 5.92 Å². The average Bonchev–Trinajstić information content (AvgIpc) is 2.54. The first-order valence-electron chi connectivity index (χ1n) is 5.16. The molecule has 0 bridgehead atoms. The Bertz CT molecular complexity index is 198. The van der Waals surface area contributed by atoms with Crippen LogP contribution < -0.4 is 5.73 Å². The largest absolute Gasteiger partial charge is 0.510 e. The molecule has 0 aliphatic heterocycles. The zero-order valence-electron chi connectivity index (χ0n) is 8.91. The van der Waals surface area contributed by atoms with Crippen molar-refractivity contribution in [2.45, 2.75) is 45.1 Å². The van der Waals surface area contributed by atoms with Crippen molar-refractivity contribution >= 4 is 6.16 Å². The molecule has 1 saturated carbocycles. The van der Waals surface area contributed by atoms with E-state index in [9.17, 15) is 4.79 Å². The van der Waals surface area contributed by atoms with Crippen LogP contribution in [0.2, 0.25) is 0 Å². The molecule has 0 spiro atoms. The number of hydrogen-bond donors (Lipinski definition) is 1. The Morgan fingerprint density at radius 3 is 2.43 bits per heavy atom. The summed E-state index contributed by atoms with van der Waals surface area (Å²) in [6.07, 6.45) is 3.47. The van der Waals surface area contributed by atoms with Gasteiger partial charge in [-0.3, -0.25) is 5.73 Å². The minimum absolute atomic E-state index is 0.118. The summed E-state index contributed by atoms with van der Waals surface area (Å²) in [7, 11) is 0. The summed E-state index contributed by atoms with van der Waals surface area (Å²) in [5, 5.41) is 0. The Kier molecular flexibility index (Phi) is 3.75. The summed E-state index contributed by atoms with van der Waals surface area (Å²) in [4.78, 5) is 11.2. The molecule has 1 aliphatic rings. The maximum Gasteiger partial charge on any atom is 0.510 e. The van der Waals surface area contributed by atoms with E-state index in [1.807, 2.05) is 0 Å². The standard InChI is InChI=1S/C10H19NO3/c1-8(2)10(5-3-4-6-10)14-9(12)13-7-11/h8H,3-7,11H2,1-2H3. The lowest BCUT2D eigenvalue weighted by atomic mass is 9.88. The van der Waals surface area contributed by atoms with Crippen molar-refractivity contribution in [3.05, 3.63) is 0 Å². The molecule has 1 fully saturated rings. The van der Waals surface area contributed by atoms with Gasteiger partial charge in [0.25, 0.3) is 0 Å². The van der Waals surface area contributed by atoms with Crippen LogP contribution in [0.25, 0.3) is 0 Å². The Labute approximate surface area is 84.7 Å². The van der Waals surface area contributed by atoms with E-state index in [0.717, 1.165) is 25.7 Å². The van der Waals surface area contributed by atoms with Crippen molar-refractivity contribution in [2.75, 3.05) is 6.73 Å². The fourth-order valence-corrected chi connectivity index (χ4v) is 2.03. The van der Waals surface area contributed by atoms with Gasteiger partial charge < -0.3 is 9.47 Å². The average molecular weight is 201 g/mol. The van der Waals surface area contributed by atoms with E-state index in [-0.39, 0.29) is 12.3 Å².